The Morgan fingerprint density at radius 2 is 1.84 bits per heavy atom. The number of oxazole rings is 1. The van der Waals surface area contributed by atoms with Crippen LogP contribution in [0.4, 0.5) is 0 Å². The normalized spacial score (nSPS) is 10.8. The molecule has 2 aromatic carbocycles. The third kappa shape index (κ3) is 2.51. The van der Waals surface area contributed by atoms with Crippen molar-refractivity contribution in [3.63, 3.8) is 0 Å². The van der Waals surface area contributed by atoms with E-state index < -0.39 is 0 Å². The van der Waals surface area contributed by atoms with Gasteiger partial charge >= 0.3 is 0 Å². The summed E-state index contributed by atoms with van der Waals surface area (Å²) < 4.78 is 5.53. The minimum absolute atomic E-state index is 0.0387. The van der Waals surface area contributed by atoms with Crippen LogP contribution in [0.1, 0.15) is 16.2 Å². The summed E-state index contributed by atoms with van der Waals surface area (Å²) in [7, 11) is 0. The van der Waals surface area contributed by atoms with Crippen LogP contribution < -0.4 is 0 Å². The topological polar surface area (TPSA) is 43.1 Å². The summed E-state index contributed by atoms with van der Waals surface area (Å²) in [4.78, 5) is 16.3. The average molecular weight is 272 g/mol. The van der Waals surface area contributed by atoms with Crippen LogP contribution in [-0.4, -0.2) is 10.8 Å². The van der Waals surface area contributed by atoms with E-state index in [1.807, 2.05) is 24.3 Å². The first-order valence-electron chi connectivity index (χ1n) is 5.85. The van der Waals surface area contributed by atoms with Crippen molar-refractivity contribution < 1.29 is 9.21 Å². The summed E-state index contributed by atoms with van der Waals surface area (Å²) in [5.41, 5.74) is 2.06. The molecule has 0 spiro atoms. The van der Waals surface area contributed by atoms with Gasteiger partial charge in [0.15, 0.2) is 11.4 Å². The van der Waals surface area contributed by atoms with E-state index in [2.05, 4.69) is 4.98 Å². The van der Waals surface area contributed by atoms with Gasteiger partial charge in [-0.1, -0.05) is 23.7 Å². The molecule has 19 heavy (non-hydrogen) atoms. The highest BCUT2D eigenvalue weighted by Gasteiger charge is 2.12. The summed E-state index contributed by atoms with van der Waals surface area (Å²) in [6, 6.07) is 14.2. The van der Waals surface area contributed by atoms with Crippen LogP contribution in [0, 0.1) is 0 Å². The molecular formula is C15H10ClNO2. The molecule has 0 saturated carbocycles. The number of Topliss-reactive ketones (excluding diaryl/α,β-unsaturated/α-hetero) is 1. The highest BCUT2D eigenvalue weighted by molar-refractivity contribution is 6.30. The molecule has 3 rings (SSSR count). The van der Waals surface area contributed by atoms with E-state index in [1.165, 1.54) is 0 Å². The van der Waals surface area contributed by atoms with Crippen molar-refractivity contribution in [2.45, 2.75) is 6.42 Å². The molecule has 0 fully saturated rings. The molecule has 3 nitrogen and oxygen atoms in total. The lowest BCUT2D eigenvalue weighted by Crippen LogP contribution is -2.03. The number of aromatic nitrogens is 1. The zero-order valence-corrected chi connectivity index (χ0v) is 10.7. The first-order chi connectivity index (χ1) is 9.22. The Kier molecular flexibility index (Phi) is 3.05. The molecule has 0 radical (unpaired) electrons. The van der Waals surface area contributed by atoms with E-state index in [4.69, 9.17) is 16.0 Å². The Morgan fingerprint density at radius 1 is 1.11 bits per heavy atom. The minimum Gasteiger partial charge on any atom is -0.440 e. The number of hydrogen-bond acceptors (Lipinski definition) is 3. The van der Waals surface area contributed by atoms with Gasteiger partial charge in [0.1, 0.15) is 5.52 Å². The fourth-order valence-corrected chi connectivity index (χ4v) is 2.00. The second-order valence-corrected chi connectivity index (χ2v) is 4.62. The molecule has 3 aromatic rings. The number of carbonyl (C=O) groups excluding carboxylic acids is 1. The van der Waals surface area contributed by atoms with Gasteiger partial charge in [0.05, 0.1) is 6.42 Å². The number of hydrogen-bond donors (Lipinski definition) is 0. The molecule has 1 aromatic heterocycles. The van der Waals surface area contributed by atoms with E-state index in [-0.39, 0.29) is 12.2 Å². The van der Waals surface area contributed by atoms with Gasteiger partial charge in [-0.2, -0.15) is 0 Å². The summed E-state index contributed by atoms with van der Waals surface area (Å²) in [6.07, 6.45) is 0.149. The Morgan fingerprint density at radius 3 is 2.58 bits per heavy atom. The molecule has 1 heterocycles. The van der Waals surface area contributed by atoms with Crippen LogP contribution in [0.2, 0.25) is 5.02 Å². The highest BCUT2D eigenvalue weighted by Crippen LogP contribution is 2.17. The van der Waals surface area contributed by atoms with Crippen molar-refractivity contribution in [2.24, 2.45) is 0 Å². The lowest BCUT2D eigenvalue weighted by atomic mass is 10.1. The van der Waals surface area contributed by atoms with E-state index in [1.54, 1.807) is 24.3 Å². The van der Waals surface area contributed by atoms with Gasteiger partial charge in [0.2, 0.25) is 5.89 Å². The van der Waals surface area contributed by atoms with Crippen molar-refractivity contribution in [2.75, 3.05) is 0 Å². The van der Waals surface area contributed by atoms with Crippen molar-refractivity contribution in [3.8, 4) is 0 Å². The molecule has 0 unspecified atom stereocenters. The maximum atomic E-state index is 12.1. The van der Waals surface area contributed by atoms with Crippen molar-refractivity contribution in [1.29, 1.82) is 0 Å². The molecule has 0 atom stereocenters. The van der Waals surface area contributed by atoms with Gasteiger partial charge in [-0.3, -0.25) is 4.79 Å². The largest absolute Gasteiger partial charge is 0.440 e. The second kappa shape index (κ2) is 4.86. The van der Waals surface area contributed by atoms with Crippen LogP contribution >= 0.6 is 11.6 Å². The number of fused-ring (bicyclic) bond motifs is 1. The summed E-state index contributed by atoms with van der Waals surface area (Å²) in [5, 5.41) is 0.610. The number of carbonyl (C=O) groups is 1. The maximum Gasteiger partial charge on any atom is 0.203 e. The summed E-state index contributed by atoms with van der Waals surface area (Å²) >= 11 is 5.79. The molecular weight excluding hydrogens is 262 g/mol. The predicted octanol–water partition coefficient (Wildman–Crippen LogP) is 3.91. The molecule has 0 bridgehead atoms. The zero-order valence-electron chi connectivity index (χ0n) is 9.97. The molecule has 0 aliphatic rings. The number of nitrogens with zero attached hydrogens (tertiary/aromatic N) is 1. The van der Waals surface area contributed by atoms with E-state index in [9.17, 15) is 4.79 Å². The SMILES string of the molecule is O=C(Cc1nc2ccccc2o1)c1ccc(Cl)cc1. The van der Waals surface area contributed by atoms with Crippen LogP contribution in [0.5, 0.6) is 0 Å². The monoisotopic (exact) mass is 271 g/mol. The zero-order chi connectivity index (χ0) is 13.2. The summed E-state index contributed by atoms with van der Waals surface area (Å²) in [5.74, 6) is 0.393. The highest BCUT2D eigenvalue weighted by atomic mass is 35.5. The van der Waals surface area contributed by atoms with Crippen molar-refractivity contribution >= 4 is 28.5 Å². The van der Waals surface area contributed by atoms with Gasteiger partial charge in [0.25, 0.3) is 0 Å². The van der Waals surface area contributed by atoms with Gasteiger partial charge in [-0.15, -0.1) is 0 Å². The Labute approximate surface area is 114 Å². The molecule has 0 aliphatic carbocycles. The molecule has 0 saturated heterocycles. The molecule has 94 valence electrons. The number of para-hydroxylation sites is 2. The Balaban J connectivity index is 1.84. The average Bonchev–Trinajstić information content (AvgIpc) is 2.81. The maximum absolute atomic E-state index is 12.1. The van der Waals surface area contributed by atoms with E-state index in [0.29, 0.717) is 22.1 Å². The number of rotatable bonds is 3. The number of ketones is 1. The van der Waals surface area contributed by atoms with E-state index >= 15 is 0 Å². The van der Waals surface area contributed by atoms with Crippen LogP contribution in [-0.2, 0) is 6.42 Å². The third-order valence-electron chi connectivity index (χ3n) is 2.82. The fraction of sp³-hybridized carbons (Fsp3) is 0.0667. The quantitative estimate of drug-likeness (QED) is 0.679. The van der Waals surface area contributed by atoms with Gasteiger partial charge in [-0.25, -0.2) is 4.98 Å². The number of benzene rings is 2. The van der Waals surface area contributed by atoms with Crippen molar-refractivity contribution in [3.05, 3.63) is 65.0 Å². The summed E-state index contributed by atoms with van der Waals surface area (Å²) in [6.45, 7) is 0. The van der Waals surface area contributed by atoms with Gasteiger partial charge in [0, 0.05) is 10.6 Å². The fourth-order valence-electron chi connectivity index (χ4n) is 1.87. The lowest BCUT2D eigenvalue weighted by molar-refractivity contribution is 0.0986. The van der Waals surface area contributed by atoms with Gasteiger partial charge < -0.3 is 4.42 Å². The van der Waals surface area contributed by atoms with E-state index in [0.717, 1.165) is 5.52 Å². The first-order valence-corrected chi connectivity index (χ1v) is 6.23. The van der Waals surface area contributed by atoms with Crippen LogP contribution in [0.3, 0.4) is 0 Å². The molecule has 4 heteroatoms. The minimum atomic E-state index is -0.0387. The smallest absolute Gasteiger partial charge is 0.203 e. The molecule has 0 amide bonds. The Hall–Kier alpha value is -2.13. The second-order valence-electron chi connectivity index (χ2n) is 4.18. The van der Waals surface area contributed by atoms with Crippen LogP contribution in [0.25, 0.3) is 11.1 Å². The number of halogens is 1. The predicted molar refractivity (Wildman–Crippen MR) is 73.5 cm³/mol. The molecule has 0 aliphatic heterocycles. The van der Waals surface area contributed by atoms with Crippen molar-refractivity contribution in [1.82, 2.24) is 4.98 Å². The molecule has 0 N–H and O–H groups in total. The Bertz CT molecular complexity index is 698. The standard InChI is InChI=1S/C15H10ClNO2/c16-11-7-5-10(6-8-11)13(18)9-15-17-12-3-1-2-4-14(12)19-15/h1-8H,9H2. The lowest BCUT2D eigenvalue weighted by Gasteiger charge is -1.98. The first kappa shape index (κ1) is 11.9. The van der Waals surface area contributed by atoms with Gasteiger partial charge in [-0.05, 0) is 36.4 Å². The third-order valence-corrected chi connectivity index (χ3v) is 3.07. The van der Waals surface area contributed by atoms with Crippen LogP contribution in [0.15, 0.2) is 52.9 Å².